The topological polar surface area (TPSA) is 67.2 Å². The highest BCUT2D eigenvalue weighted by atomic mass is 35.5. The van der Waals surface area contributed by atoms with E-state index in [2.05, 4.69) is 4.98 Å². The number of rotatable bonds is 2. The molecule has 0 aromatic carbocycles. The summed E-state index contributed by atoms with van der Waals surface area (Å²) >= 11 is 5.85. The summed E-state index contributed by atoms with van der Waals surface area (Å²) in [7, 11) is 0. The molecule has 4 nitrogen and oxygen atoms in total. The number of pyridine rings is 1. The Morgan fingerprint density at radius 1 is 1.57 bits per heavy atom. The molecular formula is C9H9ClN4. The van der Waals surface area contributed by atoms with Gasteiger partial charge in [0, 0.05) is 24.5 Å². The van der Waals surface area contributed by atoms with Gasteiger partial charge in [-0.3, -0.25) is 5.41 Å². The molecule has 0 atom stereocenters. The van der Waals surface area contributed by atoms with Gasteiger partial charge in [-0.25, -0.2) is 4.98 Å². The smallest absolute Gasteiger partial charge is 0.136 e. The average Bonchev–Trinajstić information content (AvgIpc) is 2.47. The summed E-state index contributed by atoms with van der Waals surface area (Å²) < 4.78 is 1.84. The van der Waals surface area contributed by atoms with Crippen molar-refractivity contribution < 1.29 is 0 Å². The number of aromatic nitrogens is 2. The fraction of sp³-hybridized carbons (Fsp3) is 0.111. The van der Waals surface area contributed by atoms with Crippen molar-refractivity contribution in [1.29, 1.82) is 5.41 Å². The molecule has 72 valence electrons. The van der Waals surface area contributed by atoms with Crippen LogP contribution in [0.25, 0.3) is 5.65 Å². The van der Waals surface area contributed by atoms with E-state index >= 15 is 0 Å². The van der Waals surface area contributed by atoms with Crippen molar-refractivity contribution in [2.24, 2.45) is 5.73 Å². The van der Waals surface area contributed by atoms with E-state index in [-0.39, 0.29) is 5.84 Å². The van der Waals surface area contributed by atoms with Gasteiger partial charge in [-0.15, -0.1) is 0 Å². The molecule has 3 N–H and O–H groups in total. The van der Waals surface area contributed by atoms with Crippen LogP contribution in [-0.2, 0) is 6.42 Å². The third-order valence-electron chi connectivity index (χ3n) is 1.92. The van der Waals surface area contributed by atoms with Crippen LogP contribution in [-0.4, -0.2) is 15.2 Å². The lowest BCUT2D eigenvalue weighted by molar-refractivity contribution is 1.06. The fourth-order valence-electron chi connectivity index (χ4n) is 1.33. The average molecular weight is 209 g/mol. The molecule has 0 aliphatic carbocycles. The van der Waals surface area contributed by atoms with Crippen LogP contribution in [0.3, 0.4) is 0 Å². The SMILES string of the molecule is N=C(N)Cc1cnc2ccc(Cl)cn12. The second-order valence-electron chi connectivity index (χ2n) is 3.03. The molecule has 0 spiro atoms. The Hall–Kier alpha value is -1.55. The first kappa shape index (κ1) is 9.02. The normalized spacial score (nSPS) is 10.6. The standard InChI is InChI=1S/C9H9ClN4/c10-6-1-2-9-13-4-7(3-8(11)12)14(9)5-6/h1-2,4-5H,3H2,(H3,11,12). The number of hydrogen-bond donors (Lipinski definition) is 2. The molecule has 14 heavy (non-hydrogen) atoms. The molecule has 0 fully saturated rings. The number of nitrogens with two attached hydrogens (primary N) is 1. The predicted molar refractivity (Wildman–Crippen MR) is 55.8 cm³/mol. The number of nitrogens with zero attached hydrogens (tertiary/aromatic N) is 2. The quantitative estimate of drug-likeness (QED) is 0.580. The van der Waals surface area contributed by atoms with Crippen molar-refractivity contribution in [3.05, 3.63) is 35.2 Å². The molecule has 2 rings (SSSR count). The van der Waals surface area contributed by atoms with Crippen LogP contribution in [0.4, 0.5) is 0 Å². The van der Waals surface area contributed by atoms with Gasteiger partial charge in [-0.2, -0.15) is 0 Å². The van der Waals surface area contributed by atoms with Gasteiger partial charge in [0.2, 0.25) is 0 Å². The van der Waals surface area contributed by atoms with E-state index in [1.54, 1.807) is 18.5 Å². The van der Waals surface area contributed by atoms with Crippen molar-refractivity contribution in [2.75, 3.05) is 0 Å². The lowest BCUT2D eigenvalue weighted by Crippen LogP contribution is -2.13. The van der Waals surface area contributed by atoms with E-state index in [0.29, 0.717) is 11.4 Å². The maximum atomic E-state index is 7.20. The molecule has 0 aliphatic heterocycles. The van der Waals surface area contributed by atoms with Crippen LogP contribution in [0, 0.1) is 5.41 Å². The van der Waals surface area contributed by atoms with Gasteiger partial charge in [-0.05, 0) is 12.1 Å². The van der Waals surface area contributed by atoms with Crippen LogP contribution < -0.4 is 5.73 Å². The largest absolute Gasteiger partial charge is 0.387 e. The zero-order valence-electron chi connectivity index (χ0n) is 7.37. The number of imidazole rings is 1. The first-order valence-electron chi connectivity index (χ1n) is 4.11. The molecule has 2 aromatic heterocycles. The van der Waals surface area contributed by atoms with Gasteiger partial charge < -0.3 is 10.1 Å². The van der Waals surface area contributed by atoms with Gasteiger partial charge >= 0.3 is 0 Å². The van der Waals surface area contributed by atoms with Crippen molar-refractivity contribution in [3.63, 3.8) is 0 Å². The monoisotopic (exact) mass is 208 g/mol. The zero-order valence-corrected chi connectivity index (χ0v) is 8.12. The summed E-state index contributed by atoms with van der Waals surface area (Å²) in [4.78, 5) is 4.16. The van der Waals surface area contributed by atoms with Gasteiger partial charge in [-0.1, -0.05) is 11.6 Å². The summed E-state index contributed by atoms with van der Waals surface area (Å²) in [5.74, 6) is 0.117. The Labute approximate surface area is 85.8 Å². The lowest BCUT2D eigenvalue weighted by atomic mass is 10.3. The Balaban J connectivity index is 2.55. The molecule has 0 amide bonds. The maximum absolute atomic E-state index is 7.20. The minimum absolute atomic E-state index is 0.117. The number of hydrogen-bond acceptors (Lipinski definition) is 2. The second kappa shape index (κ2) is 3.31. The summed E-state index contributed by atoms with van der Waals surface area (Å²) in [6.45, 7) is 0. The zero-order chi connectivity index (χ0) is 10.1. The number of nitrogens with one attached hydrogen (secondary N) is 1. The lowest BCUT2D eigenvalue weighted by Gasteiger charge is -2.00. The van der Waals surface area contributed by atoms with E-state index < -0.39 is 0 Å². The molecule has 2 aromatic rings. The minimum atomic E-state index is 0.117. The van der Waals surface area contributed by atoms with Crippen molar-refractivity contribution in [1.82, 2.24) is 9.38 Å². The summed E-state index contributed by atoms with van der Waals surface area (Å²) in [6.07, 6.45) is 3.86. The van der Waals surface area contributed by atoms with Gasteiger partial charge in [0.15, 0.2) is 0 Å². The molecular weight excluding hydrogens is 200 g/mol. The van der Waals surface area contributed by atoms with E-state index in [1.165, 1.54) is 0 Å². The first-order valence-corrected chi connectivity index (χ1v) is 4.49. The third kappa shape index (κ3) is 1.56. The van der Waals surface area contributed by atoms with E-state index in [0.717, 1.165) is 11.3 Å². The van der Waals surface area contributed by atoms with E-state index in [9.17, 15) is 0 Å². The third-order valence-corrected chi connectivity index (χ3v) is 2.14. The number of fused-ring (bicyclic) bond motifs is 1. The predicted octanol–water partition coefficient (Wildman–Crippen LogP) is 1.47. The first-order chi connectivity index (χ1) is 6.66. The maximum Gasteiger partial charge on any atom is 0.136 e. The summed E-state index contributed by atoms with van der Waals surface area (Å²) in [5, 5.41) is 7.84. The van der Waals surface area contributed by atoms with Crippen LogP contribution in [0.5, 0.6) is 0 Å². The van der Waals surface area contributed by atoms with Gasteiger partial charge in [0.05, 0.1) is 10.9 Å². The Bertz CT molecular complexity index is 489. The van der Waals surface area contributed by atoms with Crippen LogP contribution in [0.15, 0.2) is 24.5 Å². The molecule has 0 saturated carbocycles. The molecule has 0 bridgehead atoms. The highest BCUT2D eigenvalue weighted by Crippen LogP contribution is 2.13. The summed E-state index contributed by atoms with van der Waals surface area (Å²) in [5.41, 5.74) is 7.00. The van der Waals surface area contributed by atoms with Gasteiger partial charge in [0.1, 0.15) is 5.65 Å². The number of amidine groups is 1. The van der Waals surface area contributed by atoms with Crippen LogP contribution in [0.2, 0.25) is 5.02 Å². The highest BCUT2D eigenvalue weighted by Gasteiger charge is 2.04. The molecule has 2 heterocycles. The summed E-state index contributed by atoms with van der Waals surface area (Å²) in [6, 6.07) is 3.60. The van der Waals surface area contributed by atoms with E-state index in [4.69, 9.17) is 22.7 Å². The number of halogens is 1. The Morgan fingerprint density at radius 3 is 3.07 bits per heavy atom. The molecule has 5 heteroatoms. The molecule has 0 unspecified atom stereocenters. The van der Waals surface area contributed by atoms with Crippen molar-refractivity contribution in [3.8, 4) is 0 Å². The minimum Gasteiger partial charge on any atom is -0.387 e. The van der Waals surface area contributed by atoms with Gasteiger partial charge in [0.25, 0.3) is 0 Å². The highest BCUT2D eigenvalue weighted by molar-refractivity contribution is 6.30. The Kier molecular flexibility index (Phi) is 2.13. The molecule has 0 saturated heterocycles. The van der Waals surface area contributed by atoms with Crippen molar-refractivity contribution in [2.45, 2.75) is 6.42 Å². The van der Waals surface area contributed by atoms with E-state index in [1.807, 2.05) is 10.5 Å². The molecule has 0 radical (unpaired) electrons. The fourth-order valence-corrected chi connectivity index (χ4v) is 1.49. The van der Waals surface area contributed by atoms with Crippen LogP contribution >= 0.6 is 11.6 Å². The molecule has 0 aliphatic rings. The van der Waals surface area contributed by atoms with Crippen LogP contribution in [0.1, 0.15) is 5.69 Å². The second-order valence-corrected chi connectivity index (χ2v) is 3.46. The Morgan fingerprint density at radius 2 is 2.36 bits per heavy atom. The van der Waals surface area contributed by atoms with Crippen molar-refractivity contribution >= 4 is 23.1 Å².